The van der Waals surface area contributed by atoms with Crippen LogP contribution in [0.4, 0.5) is 32.0 Å². The Kier molecular flexibility index (Phi) is 4.75. The third kappa shape index (κ3) is 4.54. The van der Waals surface area contributed by atoms with E-state index in [1.807, 2.05) is 0 Å². The van der Waals surface area contributed by atoms with E-state index in [9.17, 15) is 31.1 Å². The van der Waals surface area contributed by atoms with Gasteiger partial charge >= 0.3 is 18.3 Å². The maximum absolute atomic E-state index is 12.9. The van der Waals surface area contributed by atoms with Crippen LogP contribution >= 0.6 is 0 Å². The second-order valence-electron chi connectivity index (χ2n) is 4.16. The van der Waals surface area contributed by atoms with Crippen LogP contribution in [-0.2, 0) is 6.18 Å². The van der Waals surface area contributed by atoms with E-state index in [0.29, 0.717) is 11.0 Å². The molecule has 0 aliphatic carbocycles. The average Bonchev–Trinajstić information content (AvgIpc) is 2.33. The Morgan fingerprint density at radius 1 is 1.19 bits per heavy atom. The summed E-state index contributed by atoms with van der Waals surface area (Å²) < 4.78 is 76.0. The number of anilines is 1. The first kappa shape index (κ1) is 17.1. The van der Waals surface area contributed by atoms with Crippen LogP contribution in [-0.4, -0.2) is 30.3 Å². The number of alkyl halides is 6. The molecule has 1 aromatic rings. The molecule has 1 aromatic carbocycles. The number of rotatable bonds is 4. The van der Waals surface area contributed by atoms with Gasteiger partial charge in [-0.3, -0.25) is 0 Å². The monoisotopic (exact) mass is 315 g/mol. The lowest BCUT2D eigenvalue weighted by Crippen LogP contribution is -2.35. The quantitative estimate of drug-likeness (QED) is 0.859. The van der Waals surface area contributed by atoms with Gasteiger partial charge in [0.25, 0.3) is 0 Å². The van der Waals surface area contributed by atoms with Crippen molar-refractivity contribution in [2.75, 3.05) is 18.0 Å². The van der Waals surface area contributed by atoms with Crippen LogP contribution < -0.4 is 4.90 Å². The first-order valence-electron chi connectivity index (χ1n) is 5.72. The van der Waals surface area contributed by atoms with E-state index in [1.165, 1.54) is 6.92 Å². The molecule has 3 nitrogen and oxygen atoms in total. The molecule has 0 aliphatic rings. The molecule has 21 heavy (non-hydrogen) atoms. The molecular formula is C12H11F6NO2. The van der Waals surface area contributed by atoms with Gasteiger partial charge in [-0.2, -0.15) is 26.3 Å². The fourth-order valence-electron chi connectivity index (χ4n) is 1.76. The zero-order valence-electron chi connectivity index (χ0n) is 10.7. The second kappa shape index (κ2) is 5.82. The summed E-state index contributed by atoms with van der Waals surface area (Å²) in [4.78, 5) is 11.2. The molecule has 0 radical (unpaired) electrons. The van der Waals surface area contributed by atoms with E-state index in [0.717, 1.165) is 12.1 Å². The lowest BCUT2D eigenvalue weighted by Gasteiger charge is -2.27. The molecule has 118 valence electrons. The van der Waals surface area contributed by atoms with Crippen molar-refractivity contribution in [2.24, 2.45) is 0 Å². The van der Waals surface area contributed by atoms with Crippen molar-refractivity contribution < 1.29 is 36.2 Å². The minimum atomic E-state index is -4.96. The summed E-state index contributed by atoms with van der Waals surface area (Å²) in [5, 5.41) is 8.69. The summed E-state index contributed by atoms with van der Waals surface area (Å²) in [5.41, 5.74) is -2.75. The van der Waals surface area contributed by atoms with E-state index in [1.54, 1.807) is 0 Å². The first-order chi connectivity index (χ1) is 9.45. The molecule has 1 rings (SSSR count). The second-order valence-corrected chi connectivity index (χ2v) is 4.16. The fraction of sp³-hybridized carbons (Fsp3) is 0.417. The van der Waals surface area contributed by atoms with Gasteiger partial charge in [0.05, 0.1) is 11.1 Å². The van der Waals surface area contributed by atoms with E-state index in [2.05, 4.69) is 0 Å². The van der Waals surface area contributed by atoms with Crippen molar-refractivity contribution in [3.63, 3.8) is 0 Å². The highest BCUT2D eigenvalue weighted by atomic mass is 19.4. The molecule has 0 unspecified atom stereocenters. The number of aromatic carboxylic acids is 1. The van der Waals surface area contributed by atoms with Crippen molar-refractivity contribution in [1.29, 1.82) is 0 Å². The zero-order chi connectivity index (χ0) is 16.4. The minimum Gasteiger partial charge on any atom is -0.478 e. The summed E-state index contributed by atoms with van der Waals surface area (Å²) >= 11 is 0. The Morgan fingerprint density at radius 3 is 2.14 bits per heavy atom. The summed E-state index contributed by atoms with van der Waals surface area (Å²) in [6.45, 7) is -0.592. The predicted molar refractivity (Wildman–Crippen MR) is 62.3 cm³/mol. The molecule has 0 fully saturated rings. The normalized spacial score (nSPS) is 12.3. The van der Waals surface area contributed by atoms with Gasteiger partial charge in [0.2, 0.25) is 0 Å². The summed E-state index contributed by atoms with van der Waals surface area (Å²) in [5.74, 6) is -1.59. The number of hydrogen-bond donors (Lipinski definition) is 1. The van der Waals surface area contributed by atoms with Crippen molar-refractivity contribution in [2.45, 2.75) is 19.3 Å². The van der Waals surface area contributed by atoms with E-state index in [-0.39, 0.29) is 6.54 Å². The smallest absolute Gasteiger partial charge is 0.418 e. The van der Waals surface area contributed by atoms with E-state index >= 15 is 0 Å². The highest BCUT2D eigenvalue weighted by molar-refractivity contribution is 5.88. The van der Waals surface area contributed by atoms with Crippen LogP contribution in [0.2, 0.25) is 0 Å². The lowest BCUT2D eigenvalue weighted by molar-refractivity contribution is -0.138. The molecular weight excluding hydrogens is 304 g/mol. The Labute approximate surface area is 115 Å². The number of carbonyl (C=O) groups is 1. The SMILES string of the molecule is CCN(CC(F)(F)F)c1ccc(C(=O)O)cc1C(F)(F)F. The van der Waals surface area contributed by atoms with Gasteiger partial charge in [-0.25, -0.2) is 4.79 Å². The Hall–Kier alpha value is -1.93. The summed E-state index contributed by atoms with van der Waals surface area (Å²) in [6.07, 6.45) is -9.63. The van der Waals surface area contributed by atoms with Crippen LogP contribution in [0, 0.1) is 0 Å². The maximum atomic E-state index is 12.9. The van der Waals surface area contributed by atoms with E-state index < -0.39 is 41.7 Å². The molecule has 9 heteroatoms. The van der Waals surface area contributed by atoms with Crippen LogP contribution in [0.25, 0.3) is 0 Å². The standard InChI is InChI=1S/C12H11F6NO2/c1-2-19(6-11(13,14)15)9-4-3-7(10(20)21)5-8(9)12(16,17)18/h3-5H,2,6H2,1H3,(H,20,21). The number of hydrogen-bond acceptors (Lipinski definition) is 2. The van der Waals surface area contributed by atoms with Crippen molar-refractivity contribution in [1.82, 2.24) is 0 Å². The largest absolute Gasteiger partial charge is 0.478 e. The van der Waals surface area contributed by atoms with Gasteiger partial charge in [-0.05, 0) is 25.1 Å². The van der Waals surface area contributed by atoms with Crippen molar-refractivity contribution >= 4 is 11.7 Å². The predicted octanol–water partition coefficient (Wildman–Crippen LogP) is 3.79. The van der Waals surface area contributed by atoms with E-state index in [4.69, 9.17) is 5.11 Å². The minimum absolute atomic E-state index is 0.311. The lowest BCUT2D eigenvalue weighted by atomic mass is 10.1. The molecule has 0 saturated heterocycles. The molecule has 0 atom stereocenters. The number of halogens is 6. The third-order valence-electron chi connectivity index (χ3n) is 2.64. The number of carboxylic acids is 1. The van der Waals surface area contributed by atoms with Gasteiger partial charge in [0.15, 0.2) is 0 Å². The van der Waals surface area contributed by atoms with Gasteiger partial charge in [0.1, 0.15) is 6.54 Å². The van der Waals surface area contributed by atoms with Gasteiger partial charge in [0, 0.05) is 12.2 Å². The van der Waals surface area contributed by atoms with Crippen LogP contribution in [0.1, 0.15) is 22.8 Å². The molecule has 0 aliphatic heterocycles. The number of nitrogens with zero attached hydrogens (tertiary/aromatic N) is 1. The fourth-order valence-corrected chi connectivity index (χ4v) is 1.76. The van der Waals surface area contributed by atoms with Gasteiger partial charge in [-0.1, -0.05) is 0 Å². The molecule has 0 bridgehead atoms. The Balaban J connectivity index is 3.36. The summed E-state index contributed by atoms with van der Waals surface area (Å²) in [6, 6.07) is 1.91. The summed E-state index contributed by atoms with van der Waals surface area (Å²) in [7, 11) is 0. The van der Waals surface area contributed by atoms with Crippen LogP contribution in [0.15, 0.2) is 18.2 Å². The Morgan fingerprint density at radius 2 is 1.76 bits per heavy atom. The third-order valence-corrected chi connectivity index (χ3v) is 2.64. The molecule has 0 amide bonds. The zero-order valence-corrected chi connectivity index (χ0v) is 10.7. The molecule has 0 heterocycles. The van der Waals surface area contributed by atoms with Crippen molar-refractivity contribution in [3.05, 3.63) is 29.3 Å². The maximum Gasteiger partial charge on any atom is 0.418 e. The highest BCUT2D eigenvalue weighted by Gasteiger charge is 2.38. The molecule has 0 spiro atoms. The number of carboxylic acid groups (broad SMARTS) is 1. The Bertz CT molecular complexity index is 523. The molecule has 0 saturated carbocycles. The molecule has 0 aromatic heterocycles. The first-order valence-corrected chi connectivity index (χ1v) is 5.72. The highest BCUT2D eigenvalue weighted by Crippen LogP contribution is 2.38. The van der Waals surface area contributed by atoms with Gasteiger partial charge < -0.3 is 10.0 Å². The average molecular weight is 315 g/mol. The topological polar surface area (TPSA) is 40.5 Å². The van der Waals surface area contributed by atoms with Gasteiger partial charge in [-0.15, -0.1) is 0 Å². The molecule has 1 N–H and O–H groups in total. The van der Waals surface area contributed by atoms with Crippen LogP contribution in [0.3, 0.4) is 0 Å². The number of benzene rings is 1. The van der Waals surface area contributed by atoms with Crippen LogP contribution in [0.5, 0.6) is 0 Å². The van der Waals surface area contributed by atoms with Crippen molar-refractivity contribution in [3.8, 4) is 0 Å².